The van der Waals surface area contributed by atoms with Gasteiger partial charge in [0.05, 0.1) is 0 Å². The number of hydrogen-bond acceptors (Lipinski definition) is 3. The van der Waals surface area contributed by atoms with Gasteiger partial charge in [0.1, 0.15) is 5.82 Å². The molecule has 1 saturated heterocycles. The molecule has 0 spiro atoms. The van der Waals surface area contributed by atoms with Crippen LogP contribution >= 0.6 is 0 Å². The van der Waals surface area contributed by atoms with Gasteiger partial charge in [0, 0.05) is 31.8 Å². The fourth-order valence-electron chi connectivity index (χ4n) is 3.12. The maximum absolute atomic E-state index is 11.4. The molecule has 0 saturated carbocycles. The third kappa shape index (κ3) is 4.43. The predicted molar refractivity (Wildman–Crippen MR) is 93.6 cm³/mol. The van der Waals surface area contributed by atoms with Gasteiger partial charge in [-0.2, -0.15) is 5.10 Å². The number of nitrogens with one attached hydrogen (secondary N) is 1. The Morgan fingerprint density at radius 1 is 1.25 bits per heavy atom. The summed E-state index contributed by atoms with van der Waals surface area (Å²) >= 11 is 0. The summed E-state index contributed by atoms with van der Waals surface area (Å²) in [4.78, 5) is 16.2. The Morgan fingerprint density at radius 2 is 2.08 bits per heavy atom. The highest BCUT2D eigenvalue weighted by Crippen LogP contribution is 2.14. The Morgan fingerprint density at radius 3 is 2.79 bits per heavy atom. The lowest BCUT2D eigenvalue weighted by atomic mass is 10.1. The highest BCUT2D eigenvalue weighted by Gasteiger charge is 2.23. The number of rotatable bonds is 8. The molecule has 0 bridgehead atoms. The standard InChI is InChI=1S/C19H26N4O/c1-2-3-13-23-18(14-16-10-12-19(24)20-16)21-17(22-23)11-9-15-7-5-4-6-8-15/h4-8,16H,2-3,9-14H2,1H3,(H,20,24)/t16-/m1/s1. The quantitative estimate of drug-likeness (QED) is 0.811. The van der Waals surface area contributed by atoms with Gasteiger partial charge in [-0.05, 0) is 24.8 Å². The van der Waals surface area contributed by atoms with E-state index in [-0.39, 0.29) is 11.9 Å². The Labute approximate surface area is 143 Å². The second kappa shape index (κ2) is 8.08. The van der Waals surface area contributed by atoms with Crippen molar-refractivity contribution in [3.8, 4) is 0 Å². The van der Waals surface area contributed by atoms with Crippen LogP contribution < -0.4 is 5.32 Å². The minimum atomic E-state index is 0.156. The van der Waals surface area contributed by atoms with Crippen LogP contribution in [0.5, 0.6) is 0 Å². The van der Waals surface area contributed by atoms with Crippen LogP contribution in [0.2, 0.25) is 0 Å². The Bertz CT molecular complexity index is 665. The fraction of sp³-hybridized carbons (Fsp3) is 0.526. The third-order valence-electron chi connectivity index (χ3n) is 4.51. The van der Waals surface area contributed by atoms with Crippen LogP contribution in [0, 0.1) is 0 Å². The Kier molecular flexibility index (Phi) is 5.62. The van der Waals surface area contributed by atoms with Crippen LogP contribution in [0.1, 0.15) is 49.8 Å². The maximum Gasteiger partial charge on any atom is 0.220 e. The largest absolute Gasteiger partial charge is 0.353 e. The van der Waals surface area contributed by atoms with Gasteiger partial charge in [0.25, 0.3) is 0 Å². The van der Waals surface area contributed by atoms with E-state index in [9.17, 15) is 4.79 Å². The summed E-state index contributed by atoms with van der Waals surface area (Å²) < 4.78 is 2.05. The minimum Gasteiger partial charge on any atom is -0.353 e. The third-order valence-corrected chi connectivity index (χ3v) is 4.51. The predicted octanol–water partition coefficient (Wildman–Crippen LogP) is 2.68. The molecule has 128 valence electrons. The van der Waals surface area contributed by atoms with Crippen LogP contribution in [0.15, 0.2) is 30.3 Å². The Balaban J connectivity index is 1.66. The van der Waals surface area contributed by atoms with Crippen molar-refractivity contribution >= 4 is 5.91 Å². The van der Waals surface area contributed by atoms with Crippen molar-refractivity contribution in [2.45, 2.75) is 64.5 Å². The van der Waals surface area contributed by atoms with Crippen LogP contribution in [0.3, 0.4) is 0 Å². The van der Waals surface area contributed by atoms with Gasteiger partial charge in [0.15, 0.2) is 5.82 Å². The summed E-state index contributed by atoms with van der Waals surface area (Å²) in [5.74, 6) is 2.08. The normalized spacial score (nSPS) is 17.2. The van der Waals surface area contributed by atoms with Gasteiger partial charge >= 0.3 is 0 Å². The lowest BCUT2D eigenvalue weighted by molar-refractivity contribution is -0.119. The molecule has 1 aliphatic heterocycles. The first kappa shape index (κ1) is 16.7. The topological polar surface area (TPSA) is 59.8 Å². The van der Waals surface area contributed by atoms with Crippen molar-refractivity contribution in [2.75, 3.05) is 0 Å². The number of hydrogen-bond donors (Lipinski definition) is 1. The molecule has 2 aromatic rings. The summed E-state index contributed by atoms with van der Waals surface area (Å²) in [5.41, 5.74) is 1.31. The second-order valence-corrected chi connectivity index (χ2v) is 6.51. The van der Waals surface area contributed by atoms with Crippen molar-refractivity contribution < 1.29 is 4.79 Å². The molecule has 1 N–H and O–H groups in total. The fourth-order valence-corrected chi connectivity index (χ4v) is 3.12. The zero-order valence-corrected chi connectivity index (χ0v) is 14.4. The highest BCUT2D eigenvalue weighted by atomic mass is 16.1. The zero-order chi connectivity index (χ0) is 16.8. The van der Waals surface area contributed by atoms with Crippen LogP contribution in [0.4, 0.5) is 0 Å². The van der Waals surface area contributed by atoms with Crippen LogP contribution in [-0.2, 0) is 30.6 Å². The van der Waals surface area contributed by atoms with E-state index in [4.69, 9.17) is 10.1 Å². The average Bonchev–Trinajstić information content (AvgIpc) is 3.18. The molecule has 3 rings (SSSR count). The molecule has 1 fully saturated rings. The number of nitrogens with zero attached hydrogens (tertiary/aromatic N) is 3. The number of aromatic nitrogens is 3. The van der Waals surface area contributed by atoms with Crippen molar-refractivity contribution in [3.05, 3.63) is 47.5 Å². The molecule has 0 unspecified atom stereocenters. The molecule has 5 heteroatoms. The highest BCUT2D eigenvalue weighted by molar-refractivity contribution is 5.78. The number of carbonyl (C=O) groups is 1. The van der Waals surface area contributed by atoms with E-state index in [0.29, 0.717) is 6.42 Å². The molecule has 24 heavy (non-hydrogen) atoms. The van der Waals surface area contributed by atoms with Crippen molar-refractivity contribution in [2.24, 2.45) is 0 Å². The van der Waals surface area contributed by atoms with Gasteiger partial charge in [0.2, 0.25) is 5.91 Å². The second-order valence-electron chi connectivity index (χ2n) is 6.51. The first-order chi connectivity index (χ1) is 11.7. The smallest absolute Gasteiger partial charge is 0.220 e. The van der Waals surface area contributed by atoms with Crippen molar-refractivity contribution in [1.29, 1.82) is 0 Å². The molecule has 1 atom stereocenters. The molecule has 1 aromatic carbocycles. The van der Waals surface area contributed by atoms with E-state index >= 15 is 0 Å². The first-order valence-electron chi connectivity index (χ1n) is 9.00. The molecule has 0 radical (unpaired) electrons. The van der Waals surface area contributed by atoms with Gasteiger partial charge in [-0.15, -0.1) is 0 Å². The maximum atomic E-state index is 11.4. The molecule has 1 aliphatic rings. The Hall–Kier alpha value is -2.17. The van der Waals surface area contributed by atoms with Gasteiger partial charge in [-0.25, -0.2) is 9.67 Å². The zero-order valence-electron chi connectivity index (χ0n) is 14.4. The number of carbonyl (C=O) groups excluding carboxylic acids is 1. The van der Waals surface area contributed by atoms with E-state index in [1.54, 1.807) is 0 Å². The summed E-state index contributed by atoms with van der Waals surface area (Å²) in [7, 11) is 0. The lowest BCUT2D eigenvalue weighted by Gasteiger charge is -2.10. The van der Waals surface area contributed by atoms with E-state index in [1.165, 1.54) is 5.56 Å². The van der Waals surface area contributed by atoms with Gasteiger partial charge in [-0.1, -0.05) is 43.7 Å². The van der Waals surface area contributed by atoms with Gasteiger partial charge in [-0.3, -0.25) is 4.79 Å². The van der Waals surface area contributed by atoms with E-state index < -0.39 is 0 Å². The molecule has 1 amide bonds. The van der Waals surface area contributed by atoms with E-state index in [1.807, 2.05) is 10.7 Å². The number of unbranched alkanes of at least 4 members (excludes halogenated alkanes) is 1. The number of benzene rings is 1. The SMILES string of the molecule is CCCCn1nc(CCc2ccccc2)nc1C[C@H]1CCC(=O)N1. The van der Waals surface area contributed by atoms with Crippen LogP contribution in [0.25, 0.3) is 0 Å². The average molecular weight is 326 g/mol. The van der Waals surface area contributed by atoms with E-state index in [0.717, 1.165) is 56.7 Å². The van der Waals surface area contributed by atoms with E-state index in [2.05, 4.69) is 36.5 Å². The molecular weight excluding hydrogens is 300 g/mol. The van der Waals surface area contributed by atoms with Crippen molar-refractivity contribution in [3.63, 3.8) is 0 Å². The monoisotopic (exact) mass is 326 g/mol. The van der Waals surface area contributed by atoms with Crippen molar-refractivity contribution in [1.82, 2.24) is 20.1 Å². The summed E-state index contributed by atoms with van der Waals surface area (Å²) in [6, 6.07) is 10.7. The first-order valence-corrected chi connectivity index (χ1v) is 9.00. The summed E-state index contributed by atoms with van der Waals surface area (Å²) in [6.45, 7) is 3.09. The minimum absolute atomic E-state index is 0.156. The lowest BCUT2D eigenvalue weighted by Crippen LogP contribution is -2.28. The number of aryl methyl sites for hydroxylation is 3. The van der Waals surface area contributed by atoms with Crippen LogP contribution in [-0.4, -0.2) is 26.7 Å². The molecular formula is C19H26N4O. The molecule has 0 aliphatic carbocycles. The van der Waals surface area contributed by atoms with Gasteiger partial charge < -0.3 is 5.32 Å². The molecule has 1 aromatic heterocycles. The summed E-state index contributed by atoms with van der Waals surface area (Å²) in [6.07, 6.45) is 6.37. The summed E-state index contributed by atoms with van der Waals surface area (Å²) in [5, 5.41) is 7.75. The molecule has 2 heterocycles. The molecule has 5 nitrogen and oxygen atoms in total. The number of amides is 1.